The topological polar surface area (TPSA) is 60.8 Å². The molecule has 1 heterocycles. The van der Waals surface area contributed by atoms with Gasteiger partial charge in [0.05, 0.1) is 0 Å². The van der Waals surface area contributed by atoms with Gasteiger partial charge in [0.15, 0.2) is 5.60 Å². The van der Waals surface area contributed by atoms with Crippen LogP contribution < -0.4 is 0 Å². The highest BCUT2D eigenvalue weighted by Crippen LogP contribution is 2.22. The van der Waals surface area contributed by atoms with Gasteiger partial charge >= 0.3 is 5.97 Å². The summed E-state index contributed by atoms with van der Waals surface area (Å²) >= 11 is 0. The van der Waals surface area contributed by atoms with Crippen molar-refractivity contribution in [3.05, 3.63) is 35.9 Å². The summed E-state index contributed by atoms with van der Waals surface area (Å²) in [6.07, 6.45) is 1.06. The minimum Gasteiger partial charge on any atom is -0.479 e. The van der Waals surface area contributed by atoms with Crippen molar-refractivity contribution in [2.75, 3.05) is 13.1 Å². The Morgan fingerprint density at radius 3 is 2.71 bits per heavy atom. The standard InChI is InChI=1S/C13H17NO3/c15-12(16)13(17)7-4-8-14(10-13)9-11-5-2-1-3-6-11/h1-3,5-6,17H,4,7-10H2,(H,15,16)/t13-/m1/s1. The maximum Gasteiger partial charge on any atom is 0.337 e. The highest BCUT2D eigenvalue weighted by molar-refractivity contribution is 5.77. The van der Waals surface area contributed by atoms with E-state index in [9.17, 15) is 9.90 Å². The normalized spacial score (nSPS) is 25.7. The zero-order chi connectivity index (χ0) is 12.3. The van der Waals surface area contributed by atoms with Crippen LogP contribution in [0.2, 0.25) is 0 Å². The SMILES string of the molecule is O=C(O)[C@@]1(O)CCCN(Cc2ccccc2)C1. The summed E-state index contributed by atoms with van der Waals surface area (Å²) in [4.78, 5) is 13.0. The summed E-state index contributed by atoms with van der Waals surface area (Å²) in [6, 6.07) is 9.89. The third-order valence-electron chi connectivity index (χ3n) is 3.20. The fraction of sp³-hybridized carbons (Fsp3) is 0.462. The Morgan fingerprint density at radius 2 is 2.06 bits per heavy atom. The predicted molar refractivity (Wildman–Crippen MR) is 63.5 cm³/mol. The largest absolute Gasteiger partial charge is 0.479 e. The van der Waals surface area contributed by atoms with E-state index in [0.717, 1.165) is 18.5 Å². The van der Waals surface area contributed by atoms with Crippen molar-refractivity contribution in [3.63, 3.8) is 0 Å². The van der Waals surface area contributed by atoms with Gasteiger partial charge in [-0.05, 0) is 24.9 Å². The smallest absolute Gasteiger partial charge is 0.337 e. The number of aliphatic hydroxyl groups is 1. The van der Waals surface area contributed by atoms with Gasteiger partial charge in [-0.15, -0.1) is 0 Å². The maximum atomic E-state index is 11.0. The van der Waals surface area contributed by atoms with Crippen LogP contribution in [0.5, 0.6) is 0 Å². The molecule has 1 aliphatic heterocycles. The molecule has 0 bridgehead atoms. The molecule has 2 rings (SSSR count). The zero-order valence-corrected chi connectivity index (χ0v) is 9.67. The Hall–Kier alpha value is -1.39. The minimum atomic E-state index is -1.58. The monoisotopic (exact) mass is 235 g/mol. The van der Waals surface area contributed by atoms with Crippen LogP contribution in [0.15, 0.2) is 30.3 Å². The number of aliphatic carboxylic acids is 1. The summed E-state index contributed by atoms with van der Waals surface area (Å²) in [5.41, 5.74) is -0.435. The first kappa shape index (κ1) is 12.1. The van der Waals surface area contributed by atoms with Gasteiger partial charge in [-0.2, -0.15) is 0 Å². The van der Waals surface area contributed by atoms with Crippen LogP contribution in [0, 0.1) is 0 Å². The van der Waals surface area contributed by atoms with E-state index in [1.54, 1.807) is 0 Å². The van der Waals surface area contributed by atoms with E-state index in [0.29, 0.717) is 13.0 Å². The first-order valence-electron chi connectivity index (χ1n) is 5.82. The molecule has 1 fully saturated rings. The van der Waals surface area contributed by atoms with Crippen molar-refractivity contribution in [1.82, 2.24) is 4.90 Å². The Kier molecular flexibility index (Phi) is 3.45. The lowest BCUT2D eigenvalue weighted by Gasteiger charge is -2.36. The molecule has 0 amide bonds. The number of carboxylic acid groups (broad SMARTS) is 1. The van der Waals surface area contributed by atoms with E-state index < -0.39 is 11.6 Å². The molecule has 1 atom stereocenters. The van der Waals surface area contributed by atoms with E-state index in [1.165, 1.54) is 0 Å². The van der Waals surface area contributed by atoms with Crippen molar-refractivity contribution < 1.29 is 15.0 Å². The van der Waals surface area contributed by atoms with E-state index in [4.69, 9.17) is 5.11 Å². The average Bonchev–Trinajstić information content (AvgIpc) is 2.30. The molecule has 0 spiro atoms. The fourth-order valence-electron chi connectivity index (χ4n) is 2.27. The number of benzene rings is 1. The number of piperidine rings is 1. The number of likely N-dealkylation sites (tertiary alicyclic amines) is 1. The van der Waals surface area contributed by atoms with Crippen molar-refractivity contribution in [2.24, 2.45) is 0 Å². The molecule has 4 heteroatoms. The molecule has 2 N–H and O–H groups in total. The van der Waals surface area contributed by atoms with Crippen molar-refractivity contribution >= 4 is 5.97 Å². The van der Waals surface area contributed by atoms with Gasteiger partial charge in [0.2, 0.25) is 0 Å². The molecule has 0 aromatic heterocycles. The van der Waals surface area contributed by atoms with Crippen molar-refractivity contribution in [1.29, 1.82) is 0 Å². The molecule has 1 aromatic carbocycles. The first-order valence-corrected chi connectivity index (χ1v) is 5.82. The Labute approximate surface area is 100 Å². The minimum absolute atomic E-state index is 0.206. The molecule has 1 saturated heterocycles. The molecule has 4 nitrogen and oxygen atoms in total. The number of carbonyl (C=O) groups is 1. The Bertz CT molecular complexity index is 393. The summed E-state index contributed by atoms with van der Waals surface area (Å²) in [5, 5.41) is 19.0. The third kappa shape index (κ3) is 2.84. The van der Waals surface area contributed by atoms with Crippen LogP contribution in [0.3, 0.4) is 0 Å². The lowest BCUT2D eigenvalue weighted by atomic mass is 9.93. The number of hydrogen-bond donors (Lipinski definition) is 2. The molecular weight excluding hydrogens is 218 g/mol. The van der Waals surface area contributed by atoms with E-state index >= 15 is 0 Å². The van der Waals surface area contributed by atoms with Crippen LogP contribution in [0.1, 0.15) is 18.4 Å². The van der Waals surface area contributed by atoms with Gasteiger partial charge in [-0.3, -0.25) is 4.90 Å². The second-order valence-electron chi connectivity index (χ2n) is 4.64. The van der Waals surface area contributed by atoms with E-state index in [-0.39, 0.29) is 6.54 Å². The van der Waals surface area contributed by atoms with Crippen LogP contribution in [-0.2, 0) is 11.3 Å². The number of rotatable bonds is 3. The lowest BCUT2D eigenvalue weighted by molar-refractivity contribution is -0.164. The number of carboxylic acids is 1. The van der Waals surface area contributed by atoms with Gasteiger partial charge in [0, 0.05) is 13.1 Å². The molecular formula is C13H17NO3. The Balaban J connectivity index is 2.01. The molecule has 17 heavy (non-hydrogen) atoms. The average molecular weight is 235 g/mol. The summed E-state index contributed by atoms with van der Waals surface area (Å²) in [7, 11) is 0. The van der Waals surface area contributed by atoms with Gasteiger partial charge in [-0.1, -0.05) is 30.3 Å². The highest BCUT2D eigenvalue weighted by Gasteiger charge is 2.40. The first-order chi connectivity index (χ1) is 8.10. The van der Waals surface area contributed by atoms with Crippen LogP contribution in [0.4, 0.5) is 0 Å². The van der Waals surface area contributed by atoms with Gasteiger partial charge in [0.25, 0.3) is 0 Å². The lowest BCUT2D eigenvalue weighted by Crippen LogP contribution is -2.52. The fourth-order valence-corrected chi connectivity index (χ4v) is 2.27. The van der Waals surface area contributed by atoms with Crippen LogP contribution in [-0.4, -0.2) is 39.8 Å². The van der Waals surface area contributed by atoms with Crippen LogP contribution in [0.25, 0.3) is 0 Å². The van der Waals surface area contributed by atoms with E-state index in [2.05, 4.69) is 0 Å². The number of β-amino-alcohol motifs (C(OH)–C–C–N with tert-alkyl or cyclic N) is 1. The molecule has 1 aliphatic rings. The van der Waals surface area contributed by atoms with E-state index in [1.807, 2.05) is 35.2 Å². The third-order valence-corrected chi connectivity index (χ3v) is 3.20. The summed E-state index contributed by atoms with van der Waals surface area (Å²) in [5.74, 6) is -1.12. The van der Waals surface area contributed by atoms with Crippen LogP contribution >= 0.6 is 0 Å². The number of hydrogen-bond acceptors (Lipinski definition) is 3. The van der Waals surface area contributed by atoms with Gasteiger partial charge in [0.1, 0.15) is 0 Å². The predicted octanol–water partition coefficient (Wildman–Crippen LogP) is 1.10. The van der Waals surface area contributed by atoms with Gasteiger partial charge < -0.3 is 10.2 Å². The summed E-state index contributed by atoms with van der Waals surface area (Å²) in [6.45, 7) is 1.73. The molecule has 0 radical (unpaired) electrons. The second kappa shape index (κ2) is 4.85. The molecule has 0 aliphatic carbocycles. The highest BCUT2D eigenvalue weighted by atomic mass is 16.4. The van der Waals surface area contributed by atoms with Gasteiger partial charge in [-0.25, -0.2) is 4.79 Å². The second-order valence-corrected chi connectivity index (χ2v) is 4.64. The maximum absolute atomic E-state index is 11.0. The summed E-state index contributed by atoms with van der Waals surface area (Å²) < 4.78 is 0. The van der Waals surface area contributed by atoms with Crippen molar-refractivity contribution in [3.8, 4) is 0 Å². The Morgan fingerprint density at radius 1 is 1.35 bits per heavy atom. The zero-order valence-electron chi connectivity index (χ0n) is 9.67. The van der Waals surface area contributed by atoms with Crippen molar-refractivity contribution in [2.45, 2.75) is 25.0 Å². The molecule has 92 valence electrons. The molecule has 0 unspecified atom stereocenters. The molecule has 1 aromatic rings. The number of nitrogens with zero attached hydrogens (tertiary/aromatic N) is 1. The molecule has 0 saturated carbocycles. The quantitative estimate of drug-likeness (QED) is 0.823.